The van der Waals surface area contributed by atoms with Crippen LogP contribution in [0.25, 0.3) is 5.57 Å². The maximum atomic E-state index is 10.7. The third-order valence-electron chi connectivity index (χ3n) is 5.80. The minimum atomic E-state index is -0.635. The Morgan fingerprint density at radius 3 is 2.78 bits per heavy atom. The standard InChI is InChI=1S/C21H23Cl2N3O/c1-11-6-19(24-9-18(11)23)20(27)10-26-5-4-15-16(13(26)3)7-14-8-17(22)12(2)25-21(14)15/h6,8-9,13,20,27H,4-5,7,10H2,1-3H3. The van der Waals surface area contributed by atoms with E-state index in [-0.39, 0.29) is 6.04 Å². The summed E-state index contributed by atoms with van der Waals surface area (Å²) in [4.78, 5) is 11.4. The summed E-state index contributed by atoms with van der Waals surface area (Å²) < 4.78 is 0. The Morgan fingerprint density at radius 1 is 1.26 bits per heavy atom. The zero-order valence-electron chi connectivity index (χ0n) is 15.8. The SMILES string of the molecule is Cc1cc(C(O)CN2CCC3=C(Cc4cc(Cl)c(C)nc43)C2C)ncc1Cl. The van der Waals surface area contributed by atoms with Gasteiger partial charge in [0.2, 0.25) is 0 Å². The molecule has 0 radical (unpaired) electrons. The lowest BCUT2D eigenvalue weighted by Gasteiger charge is -2.36. The Morgan fingerprint density at radius 2 is 2.04 bits per heavy atom. The van der Waals surface area contributed by atoms with Crippen LogP contribution in [0.3, 0.4) is 0 Å². The molecule has 0 spiro atoms. The molecule has 1 aliphatic carbocycles. The van der Waals surface area contributed by atoms with E-state index in [2.05, 4.69) is 22.9 Å². The van der Waals surface area contributed by atoms with E-state index in [4.69, 9.17) is 28.2 Å². The number of aromatic nitrogens is 2. The van der Waals surface area contributed by atoms with Gasteiger partial charge in [-0.25, -0.2) is 0 Å². The minimum absolute atomic E-state index is 0.255. The van der Waals surface area contributed by atoms with Gasteiger partial charge in [0.15, 0.2) is 0 Å². The smallest absolute Gasteiger partial charge is 0.109 e. The van der Waals surface area contributed by atoms with Crippen molar-refractivity contribution in [2.75, 3.05) is 13.1 Å². The Bertz CT molecular complexity index is 941. The third-order valence-corrected chi connectivity index (χ3v) is 6.58. The largest absolute Gasteiger partial charge is 0.385 e. The van der Waals surface area contributed by atoms with Gasteiger partial charge in [-0.05, 0) is 68.0 Å². The number of β-amino-alcohol motifs (C(OH)–C–C–N with tert-alkyl or cyclic N) is 1. The van der Waals surface area contributed by atoms with E-state index >= 15 is 0 Å². The highest BCUT2D eigenvalue weighted by Crippen LogP contribution is 2.41. The van der Waals surface area contributed by atoms with E-state index in [0.717, 1.165) is 41.4 Å². The molecule has 0 bridgehead atoms. The molecule has 6 heteroatoms. The first-order valence-corrected chi connectivity index (χ1v) is 10.0. The minimum Gasteiger partial charge on any atom is -0.385 e. The highest BCUT2D eigenvalue weighted by Gasteiger charge is 2.34. The molecule has 4 nitrogen and oxygen atoms in total. The van der Waals surface area contributed by atoms with Gasteiger partial charge in [-0.2, -0.15) is 0 Å². The number of aliphatic hydroxyl groups excluding tert-OH is 1. The molecular formula is C21H23Cl2N3O. The van der Waals surface area contributed by atoms with Gasteiger partial charge in [-0.1, -0.05) is 23.2 Å². The van der Waals surface area contributed by atoms with Crippen LogP contribution in [0.2, 0.25) is 10.0 Å². The molecule has 2 unspecified atom stereocenters. The predicted octanol–water partition coefficient (Wildman–Crippen LogP) is 4.54. The predicted molar refractivity (Wildman–Crippen MR) is 109 cm³/mol. The number of hydrogen-bond acceptors (Lipinski definition) is 4. The first kappa shape index (κ1) is 18.9. The van der Waals surface area contributed by atoms with Gasteiger partial charge in [0.05, 0.1) is 27.1 Å². The molecule has 1 N–H and O–H groups in total. The van der Waals surface area contributed by atoms with Crippen molar-refractivity contribution in [3.63, 3.8) is 0 Å². The van der Waals surface area contributed by atoms with Gasteiger partial charge in [0.1, 0.15) is 6.10 Å². The van der Waals surface area contributed by atoms with Crippen molar-refractivity contribution in [3.05, 3.63) is 62.2 Å². The monoisotopic (exact) mass is 403 g/mol. The van der Waals surface area contributed by atoms with Crippen molar-refractivity contribution in [2.24, 2.45) is 0 Å². The fraction of sp³-hybridized carbons (Fsp3) is 0.429. The Balaban J connectivity index is 1.53. The van der Waals surface area contributed by atoms with E-state index in [1.807, 2.05) is 19.9 Å². The fourth-order valence-corrected chi connectivity index (χ4v) is 4.41. The van der Waals surface area contributed by atoms with Crippen LogP contribution in [0.1, 0.15) is 47.7 Å². The van der Waals surface area contributed by atoms with Crippen LogP contribution in [-0.2, 0) is 6.42 Å². The van der Waals surface area contributed by atoms with Crippen LogP contribution >= 0.6 is 23.2 Å². The zero-order chi connectivity index (χ0) is 19.3. The molecule has 0 saturated heterocycles. The van der Waals surface area contributed by atoms with Crippen molar-refractivity contribution in [2.45, 2.75) is 45.8 Å². The number of pyridine rings is 2. The van der Waals surface area contributed by atoms with Gasteiger partial charge in [-0.3, -0.25) is 14.9 Å². The van der Waals surface area contributed by atoms with Gasteiger partial charge in [0, 0.05) is 25.3 Å². The third kappa shape index (κ3) is 3.40. The topological polar surface area (TPSA) is 49.2 Å². The zero-order valence-corrected chi connectivity index (χ0v) is 17.3. The summed E-state index contributed by atoms with van der Waals surface area (Å²) in [6.07, 6.45) is 2.81. The number of rotatable bonds is 3. The van der Waals surface area contributed by atoms with Crippen LogP contribution in [0.15, 0.2) is 23.9 Å². The summed E-state index contributed by atoms with van der Waals surface area (Å²) in [5.74, 6) is 0. The second kappa shape index (κ2) is 7.17. The second-order valence-electron chi connectivity index (χ2n) is 7.54. The van der Waals surface area contributed by atoms with E-state index in [1.54, 1.807) is 6.20 Å². The number of hydrogen-bond donors (Lipinski definition) is 1. The van der Waals surface area contributed by atoms with Crippen molar-refractivity contribution < 1.29 is 5.11 Å². The average molecular weight is 404 g/mol. The first-order valence-electron chi connectivity index (χ1n) is 9.27. The number of aryl methyl sites for hydroxylation is 2. The molecule has 4 rings (SSSR count). The van der Waals surface area contributed by atoms with Gasteiger partial charge >= 0.3 is 0 Å². The molecule has 27 heavy (non-hydrogen) atoms. The first-order chi connectivity index (χ1) is 12.8. The molecule has 0 amide bonds. The molecule has 0 aromatic carbocycles. The van der Waals surface area contributed by atoms with Crippen molar-refractivity contribution in [1.29, 1.82) is 0 Å². The van der Waals surface area contributed by atoms with Crippen LogP contribution < -0.4 is 0 Å². The maximum absolute atomic E-state index is 10.7. The molecule has 142 valence electrons. The quantitative estimate of drug-likeness (QED) is 0.816. The summed E-state index contributed by atoms with van der Waals surface area (Å²) in [5, 5.41) is 12.1. The number of nitrogens with zero attached hydrogens (tertiary/aromatic N) is 3. The van der Waals surface area contributed by atoms with E-state index < -0.39 is 6.10 Å². The van der Waals surface area contributed by atoms with Crippen LogP contribution in [0.5, 0.6) is 0 Å². The van der Waals surface area contributed by atoms with Crippen molar-refractivity contribution in [1.82, 2.24) is 14.9 Å². The van der Waals surface area contributed by atoms with E-state index in [9.17, 15) is 5.11 Å². The van der Waals surface area contributed by atoms with Crippen molar-refractivity contribution in [3.8, 4) is 0 Å². The Labute approximate surface area is 169 Å². The van der Waals surface area contributed by atoms with Crippen LogP contribution in [0.4, 0.5) is 0 Å². The van der Waals surface area contributed by atoms with Gasteiger partial charge < -0.3 is 5.11 Å². The molecule has 2 atom stereocenters. The van der Waals surface area contributed by atoms with Gasteiger partial charge in [-0.15, -0.1) is 0 Å². The Hall–Kier alpha value is -1.46. The van der Waals surface area contributed by atoms with Crippen LogP contribution in [-0.4, -0.2) is 39.1 Å². The molecule has 0 fully saturated rings. The molecule has 2 aromatic heterocycles. The lowest BCUT2D eigenvalue weighted by atomic mass is 9.94. The molecule has 2 aromatic rings. The molecular weight excluding hydrogens is 381 g/mol. The summed E-state index contributed by atoms with van der Waals surface area (Å²) in [6, 6.07) is 4.18. The highest BCUT2D eigenvalue weighted by atomic mass is 35.5. The lowest BCUT2D eigenvalue weighted by molar-refractivity contribution is 0.0947. The average Bonchev–Trinajstić information content (AvgIpc) is 2.98. The van der Waals surface area contributed by atoms with Gasteiger partial charge in [0.25, 0.3) is 0 Å². The molecule has 2 aliphatic rings. The maximum Gasteiger partial charge on any atom is 0.109 e. The number of fused-ring (bicyclic) bond motifs is 2. The van der Waals surface area contributed by atoms with E-state index in [1.165, 1.54) is 16.7 Å². The normalized spacial score (nSPS) is 20.6. The highest BCUT2D eigenvalue weighted by molar-refractivity contribution is 6.31. The fourth-order valence-electron chi connectivity index (χ4n) is 4.14. The summed E-state index contributed by atoms with van der Waals surface area (Å²) in [5.41, 5.74) is 7.60. The molecule has 3 heterocycles. The lowest BCUT2D eigenvalue weighted by Crippen LogP contribution is -2.41. The van der Waals surface area contributed by atoms with Crippen LogP contribution in [0, 0.1) is 13.8 Å². The summed E-state index contributed by atoms with van der Waals surface area (Å²) in [7, 11) is 0. The number of halogens is 2. The summed E-state index contributed by atoms with van der Waals surface area (Å²) in [6.45, 7) is 7.54. The Kier molecular flexibility index (Phi) is 5.02. The molecule has 0 saturated carbocycles. The number of aliphatic hydroxyl groups is 1. The van der Waals surface area contributed by atoms with Crippen molar-refractivity contribution >= 4 is 28.8 Å². The molecule has 1 aliphatic heterocycles. The van der Waals surface area contributed by atoms with E-state index in [0.29, 0.717) is 17.3 Å². The second-order valence-corrected chi connectivity index (χ2v) is 8.35. The summed E-state index contributed by atoms with van der Waals surface area (Å²) >= 11 is 12.3.